The van der Waals surface area contributed by atoms with Crippen LogP contribution in [0, 0.1) is 6.92 Å². The number of carbonyl (C=O) groups is 1. The first kappa shape index (κ1) is 32.6. The Morgan fingerprint density at radius 2 is 1.20 bits per heavy atom. The highest BCUT2D eigenvalue weighted by Crippen LogP contribution is 2.15. The lowest BCUT2D eigenvalue weighted by molar-refractivity contribution is 0.103. The number of benzene rings is 4. The molecule has 250 valence electrons. The van der Waals surface area contributed by atoms with Crippen molar-refractivity contribution in [1.29, 1.82) is 0 Å². The molecule has 0 aliphatic heterocycles. The number of aryl methyl sites for hydroxylation is 1. The molecule has 0 saturated carbocycles. The number of H-pyrrole nitrogens is 3. The van der Waals surface area contributed by atoms with Crippen LogP contribution in [0.2, 0.25) is 0 Å². The summed E-state index contributed by atoms with van der Waals surface area (Å²) < 4.78 is 3.97. The molecule has 7 rings (SSSR count). The first-order valence-electron chi connectivity index (χ1n) is 15.1. The van der Waals surface area contributed by atoms with E-state index in [0.29, 0.717) is 33.9 Å². The molecule has 7 aromatic rings. The van der Waals surface area contributed by atoms with Crippen molar-refractivity contribution in [3.05, 3.63) is 190 Å². The second-order valence-electron chi connectivity index (χ2n) is 10.9. The Hall–Kier alpha value is -7.29. The van der Waals surface area contributed by atoms with Crippen LogP contribution in [0.1, 0.15) is 27.3 Å². The van der Waals surface area contributed by atoms with Crippen LogP contribution in [-0.2, 0) is 6.54 Å². The van der Waals surface area contributed by atoms with Crippen LogP contribution < -0.4 is 34.1 Å². The van der Waals surface area contributed by atoms with E-state index in [1.54, 1.807) is 110 Å². The predicted molar refractivity (Wildman–Crippen MR) is 186 cm³/mol. The third-order valence-corrected chi connectivity index (χ3v) is 7.57. The van der Waals surface area contributed by atoms with E-state index >= 15 is 0 Å². The molecular formula is C35H29N9O6. The molecule has 15 heteroatoms. The fourth-order valence-corrected chi connectivity index (χ4v) is 5.28. The molecule has 0 aliphatic rings. The zero-order valence-corrected chi connectivity index (χ0v) is 26.4. The minimum atomic E-state index is -0.737. The minimum Gasteiger partial charge on any atom is -0.382 e. The first-order valence-corrected chi connectivity index (χ1v) is 15.1. The summed E-state index contributed by atoms with van der Waals surface area (Å²) in [6, 6.07) is 33.1. The maximum absolute atomic E-state index is 12.9. The Kier molecular flexibility index (Phi) is 9.03. The number of nitrogens with two attached hydrogens (primary N) is 1. The normalized spacial score (nSPS) is 10.7. The van der Waals surface area contributed by atoms with E-state index in [-0.39, 0.29) is 23.8 Å². The molecule has 0 atom stereocenters. The van der Waals surface area contributed by atoms with Gasteiger partial charge in [-0.15, -0.1) is 0 Å². The summed E-state index contributed by atoms with van der Waals surface area (Å²) in [5.41, 5.74) is 5.01. The van der Waals surface area contributed by atoms with Gasteiger partial charge in [-0.1, -0.05) is 91.0 Å². The van der Waals surface area contributed by atoms with Crippen molar-refractivity contribution < 1.29 is 4.79 Å². The van der Waals surface area contributed by atoms with Gasteiger partial charge < -0.3 is 10.7 Å². The molecular weight excluding hydrogens is 642 g/mol. The van der Waals surface area contributed by atoms with E-state index in [1.807, 2.05) is 12.1 Å². The van der Waals surface area contributed by atoms with Gasteiger partial charge >= 0.3 is 22.8 Å². The van der Waals surface area contributed by atoms with Crippen LogP contribution in [0.4, 0.5) is 5.82 Å². The van der Waals surface area contributed by atoms with Crippen LogP contribution in [0.15, 0.2) is 139 Å². The highest BCUT2D eigenvalue weighted by molar-refractivity contribution is 6.09. The SMILES string of the molecule is Cc1nc(N)c(-n2[nH]c(=O)n(-c3ccccc3)c2=O)c(=O)[nH]1.O=C(c1ccccc1)c1ccccc1Cn1[nH]c(=O)n(-c2ccccc2)c1=O. The molecule has 15 nitrogen and oxygen atoms in total. The Morgan fingerprint density at radius 3 is 1.80 bits per heavy atom. The van der Waals surface area contributed by atoms with Crippen LogP contribution in [0.5, 0.6) is 0 Å². The number of para-hydroxylation sites is 2. The zero-order valence-electron chi connectivity index (χ0n) is 26.4. The lowest BCUT2D eigenvalue weighted by Crippen LogP contribution is -2.30. The maximum Gasteiger partial charge on any atom is 0.356 e. The van der Waals surface area contributed by atoms with Crippen molar-refractivity contribution >= 4 is 11.6 Å². The summed E-state index contributed by atoms with van der Waals surface area (Å²) >= 11 is 0. The van der Waals surface area contributed by atoms with E-state index < -0.39 is 28.3 Å². The number of ketones is 1. The summed E-state index contributed by atoms with van der Waals surface area (Å²) in [6.45, 7) is 1.64. The summed E-state index contributed by atoms with van der Waals surface area (Å²) in [4.78, 5) is 80.7. The number of carbonyl (C=O) groups excluding carboxylic acids is 1. The van der Waals surface area contributed by atoms with Crippen LogP contribution in [0.25, 0.3) is 17.1 Å². The number of nitrogens with zero attached hydrogens (tertiary/aromatic N) is 5. The lowest BCUT2D eigenvalue weighted by Gasteiger charge is -2.09. The second kappa shape index (κ2) is 13.8. The summed E-state index contributed by atoms with van der Waals surface area (Å²) in [7, 11) is 0. The Labute approximate surface area is 281 Å². The van der Waals surface area contributed by atoms with Crippen molar-refractivity contribution in [2.75, 3.05) is 5.73 Å². The number of aromatic amines is 3. The average molecular weight is 672 g/mol. The molecule has 0 bridgehead atoms. The van der Waals surface area contributed by atoms with Crippen molar-refractivity contribution in [2.24, 2.45) is 0 Å². The van der Waals surface area contributed by atoms with E-state index in [1.165, 1.54) is 4.68 Å². The maximum atomic E-state index is 12.9. The van der Waals surface area contributed by atoms with E-state index in [0.717, 1.165) is 13.8 Å². The first-order chi connectivity index (χ1) is 24.1. The third kappa shape index (κ3) is 6.46. The van der Waals surface area contributed by atoms with Crippen LogP contribution >= 0.6 is 0 Å². The van der Waals surface area contributed by atoms with Gasteiger partial charge in [-0.05, 0) is 36.8 Å². The number of aromatic nitrogens is 8. The Bertz CT molecular complexity index is 2610. The van der Waals surface area contributed by atoms with Crippen molar-refractivity contribution in [3.8, 4) is 17.1 Å². The van der Waals surface area contributed by atoms with Gasteiger partial charge in [0.05, 0.1) is 17.9 Å². The van der Waals surface area contributed by atoms with Gasteiger partial charge in [0.15, 0.2) is 17.3 Å². The van der Waals surface area contributed by atoms with Gasteiger partial charge in [0, 0.05) is 11.1 Å². The van der Waals surface area contributed by atoms with Gasteiger partial charge in [-0.25, -0.2) is 48.2 Å². The number of hydrogen-bond acceptors (Lipinski definition) is 8. The molecule has 0 saturated heterocycles. The van der Waals surface area contributed by atoms with Crippen molar-refractivity contribution in [2.45, 2.75) is 13.5 Å². The molecule has 4 aromatic carbocycles. The quantitative estimate of drug-likeness (QED) is 0.184. The average Bonchev–Trinajstić information content (AvgIpc) is 3.57. The third-order valence-electron chi connectivity index (χ3n) is 7.57. The minimum absolute atomic E-state index is 0.0860. The lowest BCUT2D eigenvalue weighted by atomic mass is 9.98. The Balaban J connectivity index is 0.000000178. The summed E-state index contributed by atoms with van der Waals surface area (Å²) in [6.07, 6.45) is 0. The fourth-order valence-electron chi connectivity index (χ4n) is 5.28. The van der Waals surface area contributed by atoms with Crippen LogP contribution in [0.3, 0.4) is 0 Å². The number of anilines is 1. The molecule has 0 unspecified atom stereocenters. The highest BCUT2D eigenvalue weighted by atomic mass is 16.2. The fraction of sp³-hybridized carbons (Fsp3) is 0.0571. The topological polar surface area (TPSA) is 208 Å². The summed E-state index contributed by atoms with van der Waals surface area (Å²) in [5, 5.41) is 4.87. The zero-order chi connectivity index (χ0) is 35.4. The van der Waals surface area contributed by atoms with Gasteiger partial charge in [-0.2, -0.15) is 4.68 Å². The monoisotopic (exact) mass is 671 g/mol. The van der Waals surface area contributed by atoms with Gasteiger partial charge in [0.2, 0.25) is 0 Å². The molecule has 3 aromatic heterocycles. The summed E-state index contributed by atoms with van der Waals surface area (Å²) in [5.74, 6) is 0.0306. The standard InChI is InChI=1S/C22H17N3O3.C13H12N6O3/c26-20(16-9-3-1-4-10-16)19-14-8-7-11-17(19)15-24-22(28)25(21(27)23-24)18-12-5-2-6-13-18;1-7-15-10(14)9(11(20)16-7)19-13(22)18(12(21)17-19)8-5-3-2-4-6-8/h1-14H,15H2,(H,23,27);2-6H,1H3,(H,17,21)(H3,14,15,16,20). The molecule has 5 N–H and O–H groups in total. The van der Waals surface area contributed by atoms with E-state index in [2.05, 4.69) is 20.2 Å². The van der Waals surface area contributed by atoms with Crippen molar-refractivity contribution in [1.82, 2.24) is 38.7 Å². The van der Waals surface area contributed by atoms with Gasteiger partial charge in [0.25, 0.3) is 5.56 Å². The molecule has 0 spiro atoms. The molecule has 3 heterocycles. The molecule has 0 amide bonds. The second-order valence-corrected chi connectivity index (χ2v) is 10.9. The van der Waals surface area contributed by atoms with Gasteiger partial charge in [0.1, 0.15) is 5.82 Å². The molecule has 0 radical (unpaired) electrons. The number of hydrogen-bond donors (Lipinski definition) is 4. The van der Waals surface area contributed by atoms with E-state index in [4.69, 9.17) is 5.73 Å². The van der Waals surface area contributed by atoms with E-state index in [9.17, 15) is 28.8 Å². The smallest absolute Gasteiger partial charge is 0.356 e. The van der Waals surface area contributed by atoms with Crippen molar-refractivity contribution in [3.63, 3.8) is 0 Å². The molecule has 0 aliphatic carbocycles. The molecule has 50 heavy (non-hydrogen) atoms. The van der Waals surface area contributed by atoms with Gasteiger partial charge in [-0.3, -0.25) is 9.59 Å². The number of rotatable bonds is 7. The largest absolute Gasteiger partial charge is 0.382 e. The van der Waals surface area contributed by atoms with Crippen LogP contribution in [-0.4, -0.2) is 44.4 Å². The molecule has 0 fully saturated rings. The number of nitrogen functional groups attached to an aromatic ring is 1. The highest BCUT2D eigenvalue weighted by Gasteiger charge is 2.19. The Morgan fingerprint density at radius 1 is 0.680 bits per heavy atom. The number of nitrogens with one attached hydrogen (secondary N) is 3. The predicted octanol–water partition coefficient (Wildman–Crippen LogP) is 1.90.